The number of nitrogens with one attached hydrogen (secondary N) is 1. The van der Waals surface area contributed by atoms with Crippen LogP contribution < -0.4 is 11.0 Å². The topological polar surface area (TPSA) is 76.3 Å². The Balaban J connectivity index is 1.98. The summed E-state index contributed by atoms with van der Waals surface area (Å²) in [4.78, 5) is 25.3. The predicted molar refractivity (Wildman–Crippen MR) is 113 cm³/mol. The summed E-state index contributed by atoms with van der Waals surface area (Å²) in [5.74, 6) is -0.509. The Morgan fingerprint density at radius 3 is 2.43 bits per heavy atom. The second-order valence-corrected chi connectivity index (χ2v) is 7.32. The minimum atomic E-state index is -0.509. The summed E-state index contributed by atoms with van der Waals surface area (Å²) in [7, 11) is 0. The highest BCUT2D eigenvalue weighted by atomic mass is 35.5. The van der Waals surface area contributed by atoms with Crippen molar-refractivity contribution in [2.75, 3.05) is 0 Å². The summed E-state index contributed by atoms with van der Waals surface area (Å²) in [6, 6.07) is 11.8. The van der Waals surface area contributed by atoms with E-state index >= 15 is 0 Å². The quantitative estimate of drug-likeness (QED) is 0.504. The third-order valence-corrected chi connectivity index (χ3v) is 4.93. The molecule has 1 N–H and O–H groups in total. The van der Waals surface area contributed by atoms with E-state index in [1.54, 1.807) is 49.4 Å². The fourth-order valence-corrected chi connectivity index (χ4v) is 3.00. The number of hydrogen-bond donors (Lipinski definition) is 1. The molecular formula is C20H18Cl2N4O2. The number of carbonyl (C=O) groups excluding carboxylic acids is 1. The Kier molecular flexibility index (Phi) is 5.82. The molecule has 8 heteroatoms. The molecule has 0 atom stereocenters. The van der Waals surface area contributed by atoms with Crippen LogP contribution in [0.4, 0.5) is 0 Å². The van der Waals surface area contributed by atoms with Crippen LogP contribution in [0.2, 0.25) is 10.0 Å². The van der Waals surface area contributed by atoms with Crippen LogP contribution in [0.3, 0.4) is 0 Å². The van der Waals surface area contributed by atoms with Crippen molar-refractivity contribution in [2.24, 2.45) is 5.10 Å². The van der Waals surface area contributed by atoms with Crippen molar-refractivity contribution in [1.29, 1.82) is 0 Å². The fourth-order valence-electron chi connectivity index (χ4n) is 2.70. The molecule has 3 aromatic rings. The first-order valence-corrected chi connectivity index (χ1v) is 9.36. The van der Waals surface area contributed by atoms with Crippen LogP contribution in [0.15, 0.2) is 52.4 Å². The summed E-state index contributed by atoms with van der Waals surface area (Å²) in [5.41, 5.74) is 3.67. The van der Waals surface area contributed by atoms with E-state index in [9.17, 15) is 9.59 Å². The van der Waals surface area contributed by atoms with Crippen LogP contribution in [0.1, 0.15) is 42.9 Å². The summed E-state index contributed by atoms with van der Waals surface area (Å²) < 4.78 is 1.30. The van der Waals surface area contributed by atoms with Crippen molar-refractivity contribution in [3.63, 3.8) is 0 Å². The minimum Gasteiger partial charge on any atom is -0.267 e. The number of rotatable bonds is 4. The van der Waals surface area contributed by atoms with Gasteiger partial charge in [0.2, 0.25) is 0 Å². The third-order valence-electron chi connectivity index (χ3n) is 4.20. The van der Waals surface area contributed by atoms with Crippen LogP contribution in [0.5, 0.6) is 0 Å². The van der Waals surface area contributed by atoms with Gasteiger partial charge in [0, 0.05) is 5.39 Å². The van der Waals surface area contributed by atoms with Gasteiger partial charge in [0.05, 0.1) is 27.2 Å². The van der Waals surface area contributed by atoms with Crippen LogP contribution in [0, 0.1) is 0 Å². The highest BCUT2D eigenvalue weighted by Crippen LogP contribution is 2.23. The Morgan fingerprint density at radius 1 is 1.11 bits per heavy atom. The number of aromatic nitrogens is 2. The standard InChI is InChI=1S/C20H18Cl2N4O2/c1-11(2)26-20(28)15-7-5-4-6-14(15)18(25-26)19(27)24-23-12(3)13-8-9-16(21)17(22)10-13/h4-11H,1-3H3,(H,24,27)/b23-12+. The molecule has 1 heterocycles. The normalized spacial score (nSPS) is 11.9. The first kappa shape index (κ1) is 20.0. The molecule has 2 aromatic carbocycles. The zero-order valence-corrected chi connectivity index (χ0v) is 17.0. The lowest BCUT2D eigenvalue weighted by molar-refractivity contribution is 0.0949. The number of carbonyl (C=O) groups is 1. The van der Waals surface area contributed by atoms with Crippen LogP contribution in [-0.2, 0) is 0 Å². The number of amides is 1. The average Bonchev–Trinajstić information content (AvgIpc) is 2.68. The molecule has 6 nitrogen and oxygen atoms in total. The molecule has 144 valence electrons. The van der Waals surface area contributed by atoms with Gasteiger partial charge < -0.3 is 0 Å². The van der Waals surface area contributed by atoms with E-state index in [1.807, 2.05) is 13.8 Å². The maximum atomic E-state index is 12.8. The molecular weight excluding hydrogens is 399 g/mol. The summed E-state index contributed by atoms with van der Waals surface area (Å²) in [6.45, 7) is 5.40. The zero-order chi connectivity index (χ0) is 20.4. The first-order chi connectivity index (χ1) is 13.3. The Labute approximate surface area is 171 Å². The number of hydrazone groups is 1. The second-order valence-electron chi connectivity index (χ2n) is 6.50. The average molecular weight is 417 g/mol. The summed E-state index contributed by atoms with van der Waals surface area (Å²) >= 11 is 12.0. The van der Waals surface area contributed by atoms with E-state index in [4.69, 9.17) is 23.2 Å². The predicted octanol–water partition coefficient (Wildman–Crippen LogP) is 4.44. The van der Waals surface area contributed by atoms with Crippen molar-refractivity contribution >= 4 is 45.6 Å². The van der Waals surface area contributed by atoms with Gasteiger partial charge >= 0.3 is 0 Å². The summed E-state index contributed by atoms with van der Waals surface area (Å²) in [5, 5.41) is 10.1. The Morgan fingerprint density at radius 2 is 1.79 bits per heavy atom. The maximum Gasteiger partial charge on any atom is 0.292 e. The van der Waals surface area contributed by atoms with Gasteiger partial charge in [0.1, 0.15) is 0 Å². The Hall–Kier alpha value is -2.70. The van der Waals surface area contributed by atoms with E-state index in [-0.39, 0.29) is 17.3 Å². The maximum absolute atomic E-state index is 12.8. The lowest BCUT2D eigenvalue weighted by atomic mass is 10.1. The smallest absolute Gasteiger partial charge is 0.267 e. The number of hydrogen-bond acceptors (Lipinski definition) is 4. The number of halogens is 2. The zero-order valence-electron chi connectivity index (χ0n) is 15.5. The van der Waals surface area contributed by atoms with Crippen LogP contribution in [0.25, 0.3) is 10.8 Å². The van der Waals surface area contributed by atoms with Gasteiger partial charge in [-0.1, -0.05) is 47.5 Å². The first-order valence-electron chi connectivity index (χ1n) is 8.61. The number of nitrogens with zero attached hydrogens (tertiary/aromatic N) is 3. The van der Waals surface area contributed by atoms with Crippen molar-refractivity contribution in [3.05, 3.63) is 74.1 Å². The summed E-state index contributed by atoms with van der Waals surface area (Å²) in [6.07, 6.45) is 0. The van der Waals surface area contributed by atoms with Crippen LogP contribution >= 0.6 is 23.2 Å². The van der Waals surface area contributed by atoms with Gasteiger partial charge in [-0.25, -0.2) is 10.1 Å². The molecule has 0 saturated carbocycles. The molecule has 0 spiro atoms. The van der Waals surface area contributed by atoms with E-state index in [0.29, 0.717) is 26.5 Å². The fraction of sp³-hybridized carbons (Fsp3) is 0.200. The Bertz CT molecular complexity index is 1150. The third kappa shape index (κ3) is 3.93. The SMILES string of the molecule is C/C(=N\NC(=O)c1nn(C(C)C)c(=O)c2ccccc12)c1ccc(Cl)c(Cl)c1. The molecule has 0 unspecified atom stereocenters. The van der Waals surface area contributed by atoms with E-state index in [2.05, 4.69) is 15.6 Å². The molecule has 1 amide bonds. The molecule has 0 radical (unpaired) electrons. The molecule has 3 rings (SSSR count). The van der Waals surface area contributed by atoms with Gasteiger partial charge in [-0.15, -0.1) is 0 Å². The van der Waals surface area contributed by atoms with E-state index in [0.717, 1.165) is 5.56 Å². The van der Waals surface area contributed by atoms with Crippen molar-refractivity contribution < 1.29 is 4.79 Å². The second kappa shape index (κ2) is 8.12. The number of benzene rings is 2. The largest absolute Gasteiger partial charge is 0.292 e. The highest BCUT2D eigenvalue weighted by Gasteiger charge is 2.17. The molecule has 0 aliphatic heterocycles. The van der Waals surface area contributed by atoms with E-state index in [1.165, 1.54) is 4.68 Å². The van der Waals surface area contributed by atoms with Gasteiger partial charge in [-0.2, -0.15) is 10.2 Å². The molecule has 0 aliphatic rings. The van der Waals surface area contributed by atoms with Gasteiger partial charge in [0.25, 0.3) is 11.5 Å². The molecule has 0 aliphatic carbocycles. The van der Waals surface area contributed by atoms with Crippen molar-refractivity contribution in [1.82, 2.24) is 15.2 Å². The molecule has 0 bridgehead atoms. The molecule has 0 saturated heterocycles. The van der Waals surface area contributed by atoms with Gasteiger partial charge in [0.15, 0.2) is 5.69 Å². The molecule has 1 aromatic heterocycles. The van der Waals surface area contributed by atoms with E-state index < -0.39 is 5.91 Å². The van der Waals surface area contributed by atoms with Crippen molar-refractivity contribution in [2.45, 2.75) is 26.8 Å². The van der Waals surface area contributed by atoms with Crippen LogP contribution in [-0.4, -0.2) is 21.4 Å². The monoisotopic (exact) mass is 416 g/mol. The van der Waals surface area contributed by atoms with Crippen molar-refractivity contribution in [3.8, 4) is 0 Å². The lowest BCUT2D eigenvalue weighted by Gasteiger charge is -2.12. The number of fused-ring (bicyclic) bond motifs is 1. The minimum absolute atomic E-state index is 0.134. The van der Waals surface area contributed by atoms with Gasteiger partial charge in [-0.05, 0) is 44.5 Å². The highest BCUT2D eigenvalue weighted by molar-refractivity contribution is 6.42. The lowest BCUT2D eigenvalue weighted by Crippen LogP contribution is -2.30. The van der Waals surface area contributed by atoms with Gasteiger partial charge in [-0.3, -0.25) is 9.59 Å². The molecule has 28 heavy (non-hydrogen) atoms. The molecule has 0 fully saturated rings.